The lowest BCUT2D eigenvalue weighted by atomic mass is 10.2. The normalized spacial score (nSPS) is 9.79. The Morgan fingerprint density at radius 3 is 2.71 bits per heavy atom. The number of anilines is 1. The highest BCUT2D eigenvalue weighted by molar-refractivity contribution is 5.69. The molecule has 0 saturated carbocycles. The quantitative estimate of drug-likeness (QED) is 0.537. The van der Waals surface area contributed by atoms with Gasteiger partial charge in [0.15, 0.2) is 5.82 Å². The third-order valence-electron chi connectivity index (χ3n) is 1.77. The average Bonchev–Trinajstić information content (AvgIpc) is 2.30. The van der Waals surface area contributed by atoms with Gasteiger partial charge in [0.05, 0.1) is 0 Å². The molecule has 70 valence electrons. The molecule has 0 atom stereocenters. The topological polar surface area (TPSA) is 76.7 Å². The van der Waals surface area contributed by atoms with Crippen LogP contribution in [0.4, 0.5) is 5.82 Å². The van der Waals surface area contributed by atoms with Crippen molar-refractivity contribution in [1.29, 1.82) is 0 Å². The van der Waals surface area contributed by atoms with Gasteiger partial charge in [-0.2, -0.15) is 0 Å². The molecular formula is C9H9N5. The molecule has 0 unspecified atom stereocenters. The molecule has 0 aliphatic carbocycles. The van der Waals surface area contributed by atoms with Gasteiger partial charge in [-0.25, -0.2) is 10.8 Å². The van der Waals surface area contributed by atoms with Gasteiger partial charge in [0.2, 0.25) is 0 Å². The first-order valence-corrected chi connectivity index (χ1v) is 4.10. The Morgan fingerprint density at radius 1 is 1.14 bits per heavy atom. The maximum absolute atomic E-state index is 5.32. The van der Waals surface area contributed by atoms with Gasteiger partial charge in [-0.1, -0.05) is 0 Å². The molecule has 2 rings (SSSR count). The van der Waals surface area contributed by atoms with Gasteiger partial charge in [-0.05, 0) is 12.1 Å². The van der Waals surface area contributed by atoms with Crippen LogP contribution in [-0.4, -0.2) is 15.0 Å². The van der Waals surface area contributed by atoms with Crippen LogP contribution in [0.2, 0.25) is 0 Å². The minimum Gasteiger partial charge on any atom is -0.307 e. The predicted molar refractivity (Wildman–Crippen MR) is 53.1 cm³/mol. The second-order valence-corrected chi connectivity index (χ2v) is 2.64. The summed E-state index contributed by atoms with van der Waals surface area (Å²) < 4.78 is 0. The number of rotatable bonds is 2. The molecule has 5 heteroatoms. The van der Waals surface area contributed by atoms with Gasteiger partial charge in [0, 0.05) is 30.4 Å². The Hall–Kier alpha value is -2.01. The Bertz CT molecular complexity index is 415. The number of nitrogens with two attached hydrogens (primary N) is 1. The lowest BCUT2D eigenvalue weighted by molar-refractivity contribution is 1.16. The van der Waals surface area contributed by atoms with Crippen molar-refractivity contribution in [2.24, 2.45) is 5.84 Å². The Kier molecular flexibility index (Phi) is 2.33. The lowest BCUT2D eigenvalue weighted by Gasteiger charge is -2.04. The van der Waals surface area contributed by atoms with Gasteiger partial charge in [0.1, 0.15) is 5.69 Å². The first-order valence-electron chi connectivity index (χ1n) is 4.10. The molecule has 0 aliphatic rings. The monoisotopic (exact) mass is 187 g/mol. The van der Waals surface area contributed by atoms with E-state index in [4.69, 9.17) is 5.84 Å². The van der Waals surface area contributed by atoms with Crippen LogP contribution < -0.4 is 11.3 Å². The van der Waals surface area contributed by atoms with E-state index in [0.717, 1.165) is 5.56 Å². The number of hydrazine groups is 1. The highest BCUT2D eigenvalue weighted by Gasteiger charge is 2.05. The predicted octanol–water partition coefficient (Wildman–Crippen LogP) is 0.824. The summed E-state index contributed by atoms with van der Waals surface area (Å²) in [6.07, 6.45) is 6.61. The van der Waals surface area contributed by atoms with Crippen LogP contribution in [-0.2, 0) is 0 Å². The first-order chi connectivity index (χ1) is 6.92. The van der Waals surface area contributed by atoms with Crippen molar-refractivity contribution in [3.05, 3.63) is 36.9 Å². The summed E-state index contributed by atoms with van der Waals surface area (Å²) in [5, 5.41) is 0. The second kappa shape index (κ2) is 3.80. The molecule has 2 aromatic heterocycles. The van der Waals surface area contributed by atoms with Crippen molar-refractivity contribution in [2.45, 2.75) is 0 Å². The van der Waals surface area contributed by atoms with Crippen molar-refractivity contribution in [3.63, 3.8) is 0 Å². The largest absolute Gasteiger partial charge is 0.307 e. The zero-order valence-corrected chi connectivity index (χ0v) is 7.38. The molecule has 2 aromatic rings. The minimum atomic E-state index is 0.542. The summed E-state index contributed by atoms with van der Waals surface area (Å²) in [5.41, 5.74) is 4.07. The molecule has 0 amide bonds. The van der Waals surface area contributed by atoms with Crippen molar-refractivity contribution in [3.8, 4) is 11.3 Å². The number of nitrogens with zero attached hydrogens (tertiary/aromatic N) is 3. The SMILES string of the molecule is NNc1nccnc1-c1cccnc1. The number of pyridine rings is 1. The molecule has 0 aromatic carbocycles. The molecule has 0 spiro atoms. The van der Waals surface area contributed by atoms with Gasteiger partial charge < -0.3 is 5.43 Å². The summed E-state index contributed by atoms with van der Waals surface area (Å²) in [7, 11) is 0. The molecule has 5 nitrogen and oxygen atoms in total. The van der Waals surface area contributed by atoms with E-state index < -0.39 is 0 Å². The molecule has 2 heterocycles. The van der Waals surface area contributed by atoms with E-state index in [1.807, 2.05) is 12.1 Å². The van der Waals surface area contributed by atoms with Crippen LogP contribution in [0.5, 0.6) is 0 Å². The molecule has 0 radical (unpaired) electrons. The van der Waals surface area contributed by atoms with Crippen LogP contribution in [0.15, 0.2) is 36.9 Å². The highest BCUT2D eigenvalue weighted by Crippen LogP contribution is 2.20. The maximum atomic E-state index is 5.32. The van der Waals surface area contributed by atoms with E-state index in [2.05, 4.69) is 20.4 Å². The number of nitrogens with one attached hydrogen (secondary N) is 1. The summed E-state index contributed by atoms with van der Waals surface area (Å²) in [5.74, 6) is 5.86. The lowest BCUT2D eigenvalue weighted by Crippen LogP contribution is -2.10. The summed E-state index contributed by atoms with van der Waals surface area (Å²) in [6.45, 7) is 0. The fourth-order valence-electron chi connectivity index (χ4n) is 1.16. The first kappa shape index (κ1) is 8.58. The highest BCUT2D eigenvalue weighted by atomic mass is 15.3. The Morgan fingerprint density at radius 2 is 2.00 bits per heavy atom. The molecule has 0 aliphatic heterocycles. The van der Waals surface area contributed by atoms with Gasteiger partial charge in [0.25, 0.3) is 0 Å². The van der Waals surface area contributed by atoms with Gasteiger partial charge in [-0.3, -0.25) is 9.97 Å². The number of hydrogen-bond donors (Lipinski definition) is 2. The van der Waals surface area contributed by atoms with Gasteiger partial charge in [-0.15, -0.1) is 0 Å². The summed E-state index contributed by atoms with van der Waals surface area (Å²) in [4.78, 5) is 12.2. The zero-order chi connectivity index (χ0) is 9.80. The maximum Gasteiger partial charge on any atom is 0.166 e. The van der Waals surface area contributed by atoms with Crippen molar-refractivity contribution < 1.29 is 0 Å². The van der Waals surface area contributed by atoms with Crippen molar-refractivity contribution in [1.82, 2.24) is 15.0 Å². The van der Waals surface area contributed by atoms with Crippen LogP contribution >= 0.6 is 0 Å². The fraction of sp³-hybridized carbons (Fsp3) is 0. The molecule has 3 N–H and O–H groups in total. The van der Waals surface area contributed by atoms with Crippen molar-refractivity contribution >= 4 is 5.82 Å². The Balaban J connectivity index is 2.51. The number of hydrogen-bond acceptors (Lipinski definition) is 5. The molecule has 14 heavy (non-hydrogen) atoms. The molecular weight excluding hydrogens is 178 g/mol. The standard InChI is InChI=1S/C9H9N5/c10-14-9-8(12-4-5-13-9)7-2-1-3-11-6-7/h1-6H,10H2,(H,13,14). The molecule has 0 bridgehead atoms. The fourth-order valence-corrected chi connectivity index (χ4v) is 1.16. The van der Waals surface area contributed by atoms with Crippen molar-refractivity contribution in [2.75, 3.05) is 5.43 Å². The average molecular weight is 187 g/mol. The van der Waals surface area contributed by atoms with Crippen LogP contribution in [0.25, 0.3) is 11.3 Å². The van der Waals surface area contributed by atoms with E-state index in [1.165, 1.54) is 0 Å². The summed E-state index contributed by atoms with van der Waals surface area (Å²) in [6, 6.07) is 3.74. The summed E-state index contributed by atoms with van der Waals surface area (Å²) >= 11 is 0. The third-order valence-corrected chi connectivity index (χ3v) is 1.77. The van der Waals surface area contributed by atoms with Crippen LogP contribution in [0, 0.1) is 0 Å². The van der Waals surface area contributed by atoms with E-state index in [1.54, 1.807) is 24.8 Å². The number of aromatic nitrogens is 3. The van der Waals surface area contributed by atoms with Crippen LogP contribution in [0.1, 0.15) is 0 Å². The number of nitrogen functional groups attached to an aromatic ring is 1. The minimum absolute atomic E-state index is 0.542. The van der Waals surface area contributed by atoms with Gasteiger partial charge >= 0.3 is 0 Å². The van der Waals surface area contributed by atoms with E-state index in [0.29, 0.717) is 11.5 Å². The smallest absolute Gasteiger partial charge is 0.166 e. The Labute approximate surface area is 81.0 Å². The molecule has 0 fully saturated rings. The van der Waals surface area contributed by atoms with Crippen LogP contribution in [0.3, 0.4) is 0 Å². The van der Waals surface area contributed by atoms with E-state index in [9.17, 15) is 0 Å². The zero-order valence-electron chi connectivity index (χ0n) is 7.38. The van der Waals surface area contributed by atoms with E-state index in [-0.39, 0.29) is 0 Å². The van der Waals surface area contributed by atoms with E-state index >= 15 is 0 Å². The molecule has 0 saturated heterocycles. The second-order valence-electron chi connectivity index (χ2n) is 2.64. The third kappa shape index (κ3) is 1.53.